The number of fused-ring (bicyclic) bond motifs is 8. The van der Waals surface area contributed by atoms with E-state index in [1.54, 1.807) is 0 Å². The molecule has 0 bridgehead atoms. The summed E-state index contributed by atoms with van der Waals surface area (Å²) in [5.41, 5.74) is 11.9. The van der Waals surface area contributed by atoms with E-state index in [0.717, 1.165) is 11.4 Å². The van der Waals surface area contributed by atoms with Gasteiger partial charge in [-0.05, 0) is 62.4 Å². The largest absolute Gasteiger partial charge is 0.355 e. The summed E-state index contributed by atoms with van der Waals surface area (Å²) in [6.45, 7) is 0. The fourth-order valence-corrected chi connectivity index (χ4v) is 9.61. The second kappa shape index (κ2) is 11.1. The van der Waals surface area contributed by atoms with Crippen LogP contribution in [0.2, 0.25) is 0 Å². The van der Waals surface area contributed by atoms with Gasteiger partial charge in [0.15, 0.2) is 0 Å². The van der Waals surface area contributed by atoms with E-state index in [-0.39, 0.29) is 0 Å². The Hall–Kier alpha value is -5.96. The van der Waals surface area contributed by atoms with Crippen LogP contribution in [-0.4, -0.2) is 0 Å². The highest BCUT2D eigenvalue weighted by molar-refractivity contribution is 7.27. The highest BCUT2D eigenvalue weighted by Gasteiger charge is 2.46. The van der Waals surface area contributed by atoms with Gasteiger partial charge >= 0.3 is 0 Å². The summed E-state index contributed by atoms with van der Waals surface area (Å²) < 4.78 is 2.67. The first-order valence-electron chi connectivity index (χ1n) is 16.9. The van der Waals surface area contributed by atoms with Gasteiger partial charge in [0.25, 0.3) is 0 Å². The Morgan fingerprint density at radius 2 is 1.00 bits per heavy atom. The van der Waals surface area contributed by atoms with Gasteiger partial charge in [-0.1, -0.05) is 164 Å². The van der Waals surface area contributed by atoms with Gasteiger partial charge in [-0.15, -0.1) is 11.3 Å². The lowest BCUT2D eigenvalue weighted by molar-refractivity contribution is 0.769. The van der Waals surface area contributed by atoms with Gasteiger partial charge in [0.05, 0.1) is 5.41 Å². The van der Waals surface area contributed by atoms with Crippen LogP contribution < -0.4 is 5.32 Å². The summed E-state index contributed by atoms with van der Waals surface area (Å²) in [5.74, 6) is 0. The van der Waals surface area contributed by atoms with Gasteiger partial charge in [0.2, 0.25) is 0 Å². The van der Waals surface area contributed by atoms with Gasteiger partial charge in [0.1, 0.15) is 0 Å². The highest BCUT2D eigenvalue weighted by Crippen LogP contribution is 2.56. The summed E-state index contributed by atoms with van der Waals surface area (Å²) in [5, 5.41) is 9.13. The predicted octanol–water partition coefficient (Wildman–Crippen LogP) is 13.0. The highest BCUT2D eigenvalue weighted by atomic mass is 32.1. The molecule has 0 amide bonds. The van der Waals surface area contributed by atoms with E-state index in [9.17, 15) is 0 Å². The van der Waals surface area contributed by atoms with E-state index in [4.69, 9.17) is 0 Å². The molecule has 49 heavy (non-hydrogen) atoms. The summed E-state index contributed by atoms with van der Waals surface area (Å²) in [6.07, 6.45) is 0. The number of hydrogen-bond donors (Lipinski definition) is 1. The van der Waals surface area contributed by atoms with Gasteiger partial charge in [-0.3, -0.25) is 0 Å². The molecule has 9 aromatic rings. The summed E-state index contributed by atoms with van der Waals surface area (Å²) >= 11 is 1.90. The molecule has 1 heterocycles. The third kappa shape index (κ3) is 4.18. The lowest BCUT2D eigenvalue weighted by Gasteiger charge is -2.34. The summed E-state index contributed by atoms with van der Waals surface area (Å²) in [7, 11) is 0. The molecule has 0 saturated heterocycles. The van der Waals surface area contributed by atoms with Gasteiger partial charge < -0.3 is 5.32 Å². The topological polar surface area (TPSA) is 12.0 Å². The van der Waals surface area contributed by atoms with Crippen LogP contribution in [0.1, 0.15) is 22.3 Å². The van der Waals surface area contributed by atoms with Crippen LogP contribution in [0.15, 0.2) is 182 Å². The second-order valence-corrected chi connectivity index (χ2v) is 13.9. The molecule has 230 valence electrons. The molecule has 0 radical (unpaired) electrons. The van der Waals surface area contributed by atoms with Crippen LogP contribution in [-0.2, 0) is 5.41 Å². The SMILES string of the molecule is c1ccc(C2(c3ccccc3)c3ccccc3-c3ccc(Nc4ccccc4-c4cccc5c4sc4c6ccccc6ccc54)cc32)cc1. The van der Waals surface area contributed by atoms with E-state index in [0.29, 0.717) is 0 Å². The summed E-state index contributed by atoms with van der Waals surface area (Å²) in [6, 6.07) is 66.6. The Kier molecular flexibility index (Phi) is 6.34. The summed E-state index contributed by atoms with van der Waals surface area (Å²) in [4.78, 5) is 0. The molecule has 0 saturated carbocycles. The molecule has 1 aliphatic carbocycles. The van der Waals surface area contributed by atoms with Crippen molar-refractivity contribution in [2.24, 2.45) is 0 Å². The third-order valence-electron chi connectivity index (χ3n) is 10.3. The van der Waals surface area contributed by atoms with E-state index >= 15 is 0 Å². The maximum absolute atomic E-state index is 3.90. The van der Waals surface area contributed by atoms with E-state index in [2.05, 4.69) is 187 Å². The molecule has 1 N–H and O–H groups in total. The average Bonchev–Trinajstić information content (AvgIpc) is 3.70. The van der Waals surface area contributed by atoms with Crippen molar-refractivity contribution in [3.8, 4) is 22.3 Å². The fourth-order valence-electron chi connectivity index (χ4n) is 8.24. The number of rotatable bonds is 5. The Balaban J connectivity index is 1.15. The molecular formula is C47H31NS. The number of anilines is 2. The molecule has 2 heteroatoms. The number of para-hydroxylation sites is 1. The monoisotopic (exact) mass is 641 g/mol. The van der Waals surface area contributed by atoms with Crippen molar-refractivity contribution in [2.45, 2.75) is 5.41 Å². The molecule has 10 rings (SSSR count). The van der Waals surface area contributed by atoms with Crippen molar-refractivity contribution in [3.63, 3.8) is 0 Å². The Labute approximate surface area is 289 Å². The van der Waals surface area contributed by atoms with Crippen LogP contribution >= 0.6 is 11.3 Å². The predicted molar refractivity (Wildman–Crippen MR) is 209 cm³/mol. The molecule has 1 aliphatic rings. The molecule has 0 atom stereocenters. The van der Waals surface area contributed by atoms with Crippen LogP contribution in [0, 0.1) is 0 Å². The Bertz CT molecular complexity index is 2650. The minimum absolute atomic E-state index is 0.433. The Morgan fingerprint density at radius 3 is 1.82 bits per heavy atom. The molecule has 0 unspecified atom stereocenters. The molecule has 8 aromatic carbocycles. The minimum Gasteiger partial charge on any atom is -0.355 e. The number of thiophene rings is 1. The zero-order valence-electron chi connectivity index (χ0n) is 26.7. The first-order chi connectivity index (χ1) is 24.3. The van der Waals surface area contributed by atoms with Crippen molar-refractivity contribution in [2.75, 3.05) is 5.32 Å². The minimum atomic E-state index is -0.433. The van der Waals surface area contributed by atoms with E-state index in [1.807, 2.05) is 11.3 Å². The van der Waals surface area contributed by atoms with Crippen LogP contribution in [0.5, 0.6) is 0 Å². The van der Waals surface area contributed by atoms with Gasteiger partial charge in [-0.2, -0.15) is 0 Å². The standard InChI is InChI=1S/C47H31NS/c1-3-15-32(16-4-1)47(33-17-5-2-6-18-33)42-24-11-9-20-36(42)37-29-27-34(30-43(37)47)48-44-25-12-10-21-38(44)39-22-13-23-40-41-28-26-31-14-7-8-19-35(31)45(41)49-46(39)40/h1-30,48H. The molecule has 1 nitrogen and oxygen atoms in total. The first kappa shape index (κ1) is 28.1. The number of hydrogen-bond acceptors (Lipinski definition) is 2. The average molecular weight is 642 g/mol. The van der Waals surface area contributed by atoms with E-state index < -0.39 is 5.41 Å². The van der Waals surface area contributed by atoms with Gasteiger partial charge in [-0.25, -0.2) is 0 Å². The Morgan fingerprint density at radius 1 is 0.388 bits per heavy atom. The van der Waals surface area contributed by atoms with Crippen LogP contribution in [0.4, 0.5) is 11.4 Å². The maximum atomic E-state index is 3.90. The van der Waals surface area contributed by atoms with Crippen molar-refractivity contribution in [3.05, 3.63) is 204 Å². The quantitative estimate of drug-likeness (QED) is 0.197. The normalized spacial score (nSPS) is 13.1. The van der Waals surface area contributed by atoms with E-state index in [1.165, 1.54) is 75.5 Å². The second-order valence-electron chi connectivity index (χ2n) is 12.9. The zero-order valence-corrected chi connectivity index (χ0v) is 27.5. The number of benzene rings is 8. The van der Waals surface area contributed by atoms with Crippen LogP contribution in [0.3, 0.4) is 0 Å². The van der Waals surface area contributed by atoms with Crippen LogP contribution in [0.25, 0.3) is 53.2 Å². The third-order valence-corrected chi connectivity index (χ3v) is 11.6. The molecule has 0 aliphatic heterocycles. The molecular weight excluding hydrogens is 611 g/mol. The molecule has 0 fully saturated rings. The van der Waals surface area contributed by atoms with Crippen molar-refractivity contribution < 1.29 is 0 Å². The first-order valence-corrected chi connectivity index (χ1v) is 17.7. The maximum Gasteiger partial charge on any atom is 0.0714 e. The zero-order chi connectivity index (χ0) is 32.4. The molecule has 0 spiro atoms. The van der Waals surface area contributed by atoms with Crippen molar-refractivity contribution in [1.29, 1.82) is 0 Å². The van der Waals surface area contributed by atoms with Crippen molar-refractivity contribution in [1.82, 2.24) is 0 Å². The number of nitrogens with one attached hydrogen (secondary N) is 1. The lowest BCUT2D eigenvalue weighted by atomic mass is 9.67. The fraction of sp³-hybridized carbons (Fsp3) is 0.0213. The smallest absolute Gasteiger partial charge is 0.0714 e. The molecule has 1 aromatic heterocycles. The van der Waals surface area contributed by atoms with Crippen molar-refractivity contribution >= 4 is 53.7 Å². The van der Waals surface area contributed by atoms with Gasteiger partial charge in [0, 0.05) is 42.7 Å². The lowest BCUT2D eigenvalue weighted by Crippen LogP contribution is -2.28.